The molecule has 1 saturated carbocycles. The number of hydrogen-bond donors (Lipinski definition) is 1. The van der Waals surface area contributed by atoms with Crippen LogP contribution in [-0.2, 0) is 32.6 Å². The molecular weight excluding hydrogens is 602 g/mol. The van der Waals surface area contributed by atoms with E-state index in [-0.39, 0.29) is 30.6 Å². The first-order valence-corrected chi connectivity index (χ1v) is 17.2. The second-order valence-electron chi connectivity index (χ2n) is 11.3. The number of carbonyl (C=O) groups is 2. The minimum Gasteiger partial charge on any atom is -0.486 e. The molecule has 0 unspecified atom stereocenters. The van der Waals surface area contributed by atoms with Crippen molar-refractivity contribution in [2.24, 2.45) is 0 Å². The maximum absolute atomic E-state index is 14.3. The van der Waals surface area contributed by atoms with Crippen molar-refractivity contribution in [2.75, 3.05) is 30.3 Å². The van der Waals surface area contributed by atoms with Crippen molar-refractivity contribution in [3.8, 4) is 11.5 Å². The van der Waals surface area contributed by atoms with Crippen LogP contribution in [0.25, 0.3) is 0 Å². The molecule has 44 heavy (non-hydrogen) atoms. The van der Waals surface area contributed by atoms with Crippen LogP contribution in [0.2, 0.25) is 5.02 Å². The summed E-state index contributed by atoms with van der Waals surface area (Å²) in [7, 11) is -3.91. The Morgan fingerprint density at radius 1 is 0.909 bits per heavy atom. The molecule has 1 heterocycles. The molecule has 2 amide bonds. The van der Waals surface area contributed by atoms with E-state index in [0.717, 1.165) is 53.8 Å². The molecular formula is C33H38ClN3O6S. The third-order valence-electron chi connectivity index (χ3n) is 7.98. The number of hydrogen-bond acceptors (Lipinski definition) is 6. The molecule has 234 valence electrons. The van der Waals surface area contributed by atoms with Crippen molar-refractivity contribution < 1.29 is 27.5 Å². The predicted octanol–water partition coefficient (Wildman–Crippen LogP) is 4.97. The highest BCUT2D eigenvalue weighted by Gasteiger charge is 2.34. The average molecular weight is 640 g/mol. The highest BCUT2D eigenvalue weighted by Crippen LogP contribution is 2.35. The molecule has 1 aliphatic heterocycles. The number of benzene rings is 3. The van der Waals surface area contributed by atoms with Gasteiger partial charge in [-0.1, -0.05) is 73.3 Å². The lowest BCUT2D eigenvalue weighted by Gasteiger charge is -2.35. The van der Waals surface area contributed by atoms with Gasteiger partial charge in [0.05, 0.1) is 11.9 Å². The summed E-state index contributed by atoms with van der Waals surface area (Å²) in [4.78, 5) is 29.8. The standard InChI is InChI=1S/C33H38ClN3O6S/c1-44(40,41)37(28-16-17-30-31(21-28)43-19-18-42-30)23-32(38)36(22-25-12-14-26(34)15-13-25)29(20-24-8-4-2-5-9-24)33(39)35-27-10-6-3-7-11-27/h2,4-5,8-9,12-17,21,27,29H,3,6-7,10-11,18-20,22-23H2,1H3,(H,35,39)/t29-/m1/s1. The summed E-state index contributed by atoms with van der Waals surface area (Å²) >= 11 is 6.14. The van der Waals surface area contributed by atoms with Crippen LogP contribution in [0.1, 0.15) is 43.2 Å². The SMILES string of the molecule is CS(=O)(=O)N(CC(=O)N(Cc1ccc(Cl)cc1)[C@H](Cc1ccccc1)C(=O)NC1CCCCC1)c1ccc2c(c1)OCCO2. The Bertz CT molecular complexity index is 1550. The van der Waals surface area contributed by atoms with Gasteiger partial charge in [-0.3, -0.25) is 13.9 Å². The zero-order chi connectivity index (χ0) is 31.1. The number of nitrogens with zero attached hydrogens (tertiary/aromatic N) is 2. The van der Waals surface area contributed by atoms with Gasteiger partial charge in [-0.25, -0.2) is 8.42 Å². The van der Waals surface area contributed by atoms with Gasteiger partial charge in [-0.05, 0) is 48.2 Å². The highest BCUT2D eigenvalue weighted by atomic mass is 35.5. The lowest BCUT2D eigenvalue weighted by Crippen LogP contribution is -2.55. The predicted molar refractivity (Wildman–Crippen MR) is 171 cm³/mol. The third-order valence-corrected chi connectivity index (χ3v) is 9.37. The van der Waals surface area contributed by atoms with E-state index in [1.54, 1.807) is 42.5 Å². The number of amides is 2. The summed E-state index contributed by atoms with van der Waals surface area (Å²) in [6, 6.07) is 20.5. The minimum atomic E-state index is -3.91. The molecule has 0 saturated heterocycles. The Balaban J connectivity index is 1.50. The van der Waals surface area contributed by atoms with Gasteiger partial charge < -0.3 is 19.7 Å². The molecule has 9 nitrogen and oxygen atoms in total. The molecule has 5 rings (SSSR count). The lowest BCUT2D eigenvalue weighted by molar-refractivity contribution is -0.140. The maximum Gasteiger partial charge on any atom is 0.244 e. The van der Waals surface area contributed by atoms with Crippen LogP contribution in [0.15, 0.2) is 72.8 Å². The number of sulfonamides is 1. The normalized spacial score (nSPS) is 15.7. The maximum atomic E-state index is 14.3. The van der Waals surface area contributed by atoms with Gasteiger partial charge in [0, 0.05) is 30.1 Å². The Kier molecular flexibility index (Phi) is 10.3. The van der Waals surface area contributed by atoms with Crippen LogP contribution in [0.3, 0.4) is 0 Å². The van der Waals surface area contributed by atoms with E-state index in [1.165, 1.54) is 4.90 Å². The van der Waals surface area contributed by atoms with Crippen LogP contribution in [0, 0.1) is 0 Å². The number of carbonyl (C=O) groups excluding carboxylic acids is 2. The summed E-state index contributed by atoms with van der Waals surface area (Å²) in [5.74, 6) is 0.140. The Morgan fingerprint density at radius 2 is 1.59 bits per heavy atom. The van der Waals surface area contributed by atoms with Gasteiger partial charge in [0.1, 0.15) is 25.8 Å². The van der Waals surface area contributed by atoms with Crippen molar-refractivity contribution in [2.45, 2.75) is 57.2 Å². The van der Waals surface area contributed by atoms with Crippen LogP contribution >= 0.6 is 11.6 Å². The Labute approximate surface area is 264 Å². The van der Waals surface area contributed by atoms with Gasteiger partial charge in [0.15, 0.2) is 11.5 Å². The second kappa shape index (κ2) is 14.3. The molecule has 11 heteroatoms. The zero-order valence-corrected chi connectivity index (χ0v) is 26.4. The summed E-state index contributed by atoms with van der Waals surface area (Å²) < 4.78 is 38.5. The van der Waals surface area contributed by atoms with Crippen molar-refractivity contribution >= 4 is 39.1 Å². The van der Waals surface area contributed by atoms with Crippen molar-refractivity contribution in [1.29, 1.82) is 0 Å². The number of fused-ring (bicyclic) bond motifs is 1. The summed E-state index contributed by atoms with van der Waals surface area (Å²) in [6.07, 6.45) is 6.32. The van der Waals surface area contributed by atoms with E-state index in [1.807, 2.05) is 30.3 Å². The van der Waals surface area contributed by atoms with Crippen LogP contribution < -0.4 is 19.1 Å². The molecule has 0 radical (unpaired) electrons. The van der Waals surface area contributed by atoms with E-state index < -0.39 is 28.5 Å². The van der Waals surface area contributed by atoms with Gasteiger partial charge >= 0.3 is 0 Å². The van der Waals surface area contributed by atoms with Gasteiger partial charge in [-0.2, -0.15) is 0 Å². The van der Waals surface area contributed by atoms with E-state index >= 15 is 0 Å². The molecule has 0 aromatic heterocycles. The van der Waals surface area contributed by atoms with Crippen molar-refractivity contribution in [3.05, 3.63) is 88.9 Å². The van der Waals surface area contributed by atoms with Crippen molar-refractivity contribution in [1.82, 2.24) is 10.2 Å². The fourth-order valence-corrected chi connectivity index (χ4v) is 6.65. The molecule has 3 aromatic carbocycles. The smallest absolute Gasteiger partial charge is 0.244 e. The average Bonchev–Trinajstić information content (AvgIpc) is 3.02. The second-order valence-corrected chi connectivity index (χ2v) is 13.6. The third kappa shape index (κ3) is 8.24. The fraction of sp³-hybridized carbons (Fsp3) is 0.394. The Hall–Kier alpha value is -3.76. The molecule has 0 spiro atoms. The minimum absolute atomic E-state index is 0.0345. The first-order valence-electron chi connectivity index (χ1n) is 14.9. The molecule has 0 bridgehead atoms. The molecule has 1 N–H and O–H groups in total. The van der Waals surface area contributed by atoms with E-state index in [4.69, 9.17) is 21.1 Å². The van der Waals surface area contributed by atoms with Gasteiger partial charge in [-0.15, -0.1) is 0 Å². The number of halogens is 1. The van der Waals surface area contributed by atoms with Gasteiger partial charge in [0.2, 0.25) is 21.8 Å². The molecule has 1 fully saturated rings. The first kappa shape index (κ1) is 31.7. The number of anilines is 1. The lowest BCUT2D eigenvalue weighted by atomic mass is 9.94. The van der Waals surface area contributed by atoms with Crippen LogP contribution in [0.5, 0.6) is 11.5 Å². The van der Waals surface area contributed by atoms with E-state index in [2.05, 4.69) is 5.32 Å². The van der Waals surface area contributed by atoms with Crippen LogP contribution in [0.4, 0.5) is 5.69 Å². The zero-order valence-electron chi connectivity index (χ0n) is 24.8. The van der Waals surface area contributed by atoms with E-state index in [9.17, 15) is 18.0 Å². The molecule has 1 atom stereocenters. The molecule has 1 aliphatic carbocycles. The first-order chi connectivity index (χ1) is 21.2. The summed E-state index contributed by atoms with van der Waals surface area (Å²) in [6.45, 7) is 0.310. The van der Waals surface area contributed by atoms with Crippen LogP contribution in [-0.4, -0.2) is 63.2 Å². The fourth-order valence-electron chi connectivity index (χ4n) is 5.69. The molecule has 2 aliphatic rings. The number of rotatable bonds is 11. The van der Waals surface area contributed by atoms with E-state index in [0.29, 0.717) is 29.7 Å². The monoisotopic (exact) mass is 639 g/mol. The topological polar surface area (TPSA) is 105 Å². The largest absolute Gasteiger partial charge is 0.486 e. The van der Waals surface area contributed by atoms with Gasteiger partial charge in [0.25, 0.3) is 0 Å². The number of nitrogens with one attached hydrogen (secondary N) is 1. The summed E-state index contributed by atoms with van der Waals surface area (Å²) in [5, 5.41) is 3.75. The number of ether oxygens (including phenoxy) is 2. The Morgan fingerprint density at radius 3 is 2.27 bits per heavy atom. The quantitative estimate of drug-likeness (QED) is 0.318. The highest BCUT2D eigenvalue weighted by molar-refractivity contribution is 7.92. The molecule has 3 aromatic rings. The van der Waals surface area contributed by atoms with Crippen molar-refractivity contribution in [3.63, 3.8) is 0 Å². The summed E-state index contributed by atoms with van der Waals surface area (Å²) in [5.41, 5.74) is 1.91.